The first-order valence-corrected chi connectivity index (χ1v) is 8.14. The maximum Gasteiger partial charge on any atom is 0.366 e. The number of hydrogen-bond acceptors (Lipinski definition) is 6. The number of carbonyl (C=O) groups excluding carboxylic acids is 1. The lowest BCUT2D eigenvalue weighted by atomic mass is 10.1. The van der Waals surface area contributed by atoms with Crippen molar-refractivity contribution in [3.05, 3.63) is 52.1 Å². The van der Waals surface area contributed by atoms with Crippen LogP contribution in [0.1, 0.15) is 19.4 Å². The van der Waals surface area contributed by atoms with Gasteiger partial charge in [0, 0.05) is 6.07 Å². The molecular weight excluding hydrogens is 338 g/mol. The van der Waals surface area contributed by atoms with Crippen LogP contribution in [0.4, 0.5) is 11.6 Å². The van der Waals surface area contributed by atoms with Gasteiger partial charge in [-0.3, -0.25) is 9.69 Å². The highest BCUT2D eigenvalue weighted by atomic mass is 16.6. The number of anilines is 1. The highest BCUT2D eigenvalue weighted by Crippen LogP contribution is 2.37. The number of fused-ring (bicyclic) bond motifs is 1. The number of aryl methyl sites for hydroxylation is 1. The maximum atomic E-state index is 12.7. The van der Waals surface area contributed by atoms with Gasteiger partial charge in [-0.25, -0.2) is 0 Å². The third-order valence-corrected chi connectivity index (χ3v) is 4.00. The lowest BCUT2D eigenvalue weighted by molar-refractivity contribution is -0.389. The van der Waals surface area contributed by atoms with Crippen molar-refractivity contribution in [2.45, 2.75) is 26.4 Å². The third-order valence-electron chi connectivity index (χ3n) is 4.00. The van der Waals surface area contributed by atoms with Crippen molar-refractivity contribution in [3.63, 3.8) is 0 Å². The van der Waals surface area contributed by atoms with E-state index in [1.807, 2.05) is 31.2 Å². The molecule has 0 N–H and O–H groups in total. The molecule has 0 saturated carbocycles. The second-order valence-electron chi connectivity index (χ2n) is 6.48. The predicted octanol–water partition coefficient (Wildman–Crippen LogP) is 2.88. The van der Waals surface area contributed by atoms with Gasteiger partial charge in [0.15, 0.2) is 11.4 Å². The van der Waals surface area contributed by atoms with Crippen molar-refractivity contribution in [1.82, 2.24) is 4.98 Å². The van der Waals surface area contributed by atoms with Crippen LogP contribution in [0, 0.1) is 17.0 Å². The zero-order valence-electron chi connectivity index (χ0n) is 14.8. The third kappa shape index (κ3) is 3.44. The van der Waals surface area contributed by atoms with Crippen molar-refractivity contribution >= 4 is 17.5 Å². The molecule has 1 aromatic heterocycles. The Balaban J connectivity index is 1.82. The van der Waals surface area contributed by atoms with E-state index in [2.05, 4.69) is 4.98 Å². The predicted molar refractivity (Wildman–Crippen MR) is 94.6 cm³/mol. The number of nitro groups is 1. The van der Waals surface area contributed by atoms with Crippen molar-refractivity contribution in [3.8, 4) is 11.5 Å². The lowest BCUT2D eigenvalue weighted by Crippen LogP contribution is -2.53. The zero-order chi connectivity index (χ0) is 18.9. The number of rotatable bonds is 5. The van der Waals surface area contributed by atoms with Crippen LogP contribution in [0.15, 0.2) is 36.4 Å². The van der Waals surface area contributed by atoms with Crippen LogP contribution < -0.4 is 14.4 Å². The summed E-state index contributed by atoms with van der Waals surface area (Å²) in [6, 6.07) is 10.3. The number of benzene rings is 1. The topological polar surface area (TPSA) is 94.8 Å². The molecule has 136 valence electrons. The van der Waals surface area contributed by atoms with Crippen LogP contribution >= 0.6 is 0 Å². The Bertz CT molecular complexity index is 848. The second-order valence-corrected chi connectivity index (χ2v) is 6.48. The number of aromatic nitrogens is 1. The average molecular weight is 357 g/mol. The summed E-state index contributed by atoms with van der Waals surface area (Å²) in [7, 11) is 0. The Kier molecular flexibility index (Phi) is 4.50. The van der Waals surface area contributed by atoms with E-state index in [1.165, 1.54) is 17.0 Å². The number of nitrogens with zero attached hydrogens (tertiary/aromatic N) is 3. The number of carbonyl (C=O) groups is 1. The van der Waals surface area contributed by atoms with Gasteiger partial charge in [-0.05, 0) is 48.9 Å². The van der Waals surface area contributed by atoms with Crippen LogP contribution in [-0.4, -0.2) is 34.6 Å². The molecule has 1 aliphatic heterocycles. The molecule has 0 atom stereocenters. The molecule has 8 nitrogen and oxygen atoms in total. The maximum absolute atomic E-state index is 12.7. The summed E-state index contributed by atoms with van der Waals surface area (Å²) in [5.74, 6) is 0.476. The van der Waals surface area contributed by atoms with Gasteiger partial charge in [0.05, 0.1) is 6.54 Å². The molecule has 8 heteroatoms. The largest absolute Gasteiger partial charge is 0.492 e. The SMILES string of the molecule is Cc1ccc(OCCN2C(=O)C(C)(C)Oc3ccc([N+](=O)[O-])nc32)cc1. The summed E-state index contributed by atoms with van der Waals surface area (Å²) in [6.07, 6.45) is 0. The number of pyridine rings is 1. The molecule has 1 amide bonds. The minimum Gasteiger partial charge on any atom is -0.492 e. The minimum absolute atomic E-state index is 0.135. The molecule has 1 aromatic carbocycles. The van der Waals surface area contributed by atoms with Crippen molar-refractivity contribution in [1.29, 1.82) is 0 Å². The van der Waals surface area contributed by atoms with E-state index in [4.69, 9.17) is 9.47 Å². The van der Waals surface area contributed by atoms with Crippen LogP contribution in [0.2, 0.25) is 0 Å². The lowest BCUT2D eigenvalue weighted by Gasteiger charge is -2.35. The zero-order valence-corrected chi connectivity index (χ0v) is 14.8. The normalized spacial score (nSPS) is 15.2. The summed E-state index contributed by atoms with van der Waals surface area (Å²) in [5, 5.41) is 11.0. The van der Waals surface area contributed by atoms with E-state index < -0.39 is 10.5 Å². The van der Waals surface area contributed by atoms with Crippen molar-refractivity contribution in [2.24, 2.45) is 0 Å². The Labute approximate surface area is 150 Å². The van der Waals surface area contributed by atoms with Crippen molar-refractivity contribution in [2.75, 3.05) is 18.1 Å². The van der Waals surface area contributed by atoms with Gasteiger partial charge in [-0.2, -0.15) is 0 Å². The van der Waals surface area contributed by atoms with Gasteiger partial charge >= 0.3 is 5.82 Å². The van der Waals surface area contributed by atoms with E-state index in [0.717, 1.165) is 5.56 Å². The van der Waals surface area contributed by atoms with E-state index in [1.54, 1.807) is 13.8 Å². The molecule has 0 radical (unpaired) electrons. The molecule has 1 aliphatic rings. The quantitative estimate of drug-likeness (QED) is 0.603. The molecule has 0 saturated heterocycles. The van der Waals surface area contributed by atoms with Gasteiger partial charge in [0.2, 0.25) is 0 Å². The Morgan fingerprint density at radius 3 is 2.58 bits per heavy atom. The summed E-state index contributed by atoms with van der Waals surface area (Å²) < 4.78 is 11.3. The Morgan fingerprint density at radius 2 is 1.92 bits per heavy atom. The van der Waals surface area contributed by atoms with E-state index in [-0.39, 0.29) is 30.7 Å². The number of hydrogen-bond donors (Lipinski definition) is 0. The molecular formula is C18H19N3O5. The molecule has 3 rings (SSSR count). The molecule has 0 aliphatic carbocycles. The average Bonchev–Trinajstić information content (AvgIpc) is 2.59. The molecule has 0 spiro atoms. The van der Waals surface area contributed by atoms with Gasteiger partial charge < -0.3 is 19.6 Å². The fourth-order valence-electron chi connectivity index (χ4n) is 2.64. The fourth-order valence-corrected chi connectivity index (χ4v) is 2.64. The summed E-state index contributed by atoms with van der Waals surface area (Å²) in [4.78, 5) is 28.5. The van der Waals surface area contributed by atoms with Crippen LogP contribution in [-0.2, 0) is 4.79 Å². The van der Waals surface area contributed by atoms with Crippen LogP contribution in [0.25, 0.3) is 0 Å². The highest BCUT2D eigenvalue weighted by molar-refractivity contribution is 6.01. The number of amides is 1. The summed E-state index contributed by atoms with van der Waals surface area (Å²) in [5.41, 5.74) is 0.0298. The monoisotopic (exact) mass is 357 g/mol. The fraction of sp³-hybridized carbons (Fsp3) is 0.333. The van der Waals surface area contributed by atoms with Gasteiger partial charge in [0.25, 0.3) is 11.7 Å². The standard InChI is InChI=1S/C18H19N3O5/c1-12-4-6-13(7-5-12)25-11-10-20-16-14(26-18(2,3)17(20)22)8-9-15(19-16)21(23)24/h4-9H,10-11H2,1-3H3. The van der Waals surface area contributed by atoms with Crippen LogP contribution in [0.3, 0.4) is 0 Å². The number of ether oxygens (including phenoxy) is 2. The van der Waals surface area contributed by atoms with Gasteiger partial charge in [-0.15, -0.1) is 0 Å². The molecule has 0 fully saturated rings. The van der Waals surface area contributed by atoms with Gasteiger partial charge in [0.1, 0.15) is 12.4 Å². The molecule has 2 aromatic rings. The Hall–Kier alpha value is -3.16. The first-order valence-electron chi connectivity index (χ1n) is 8.14. The molecule has 0 bridgehead atoms. The molecule has 0 unspecified atom stereocenters. The molecule has 26 heavy (non-hydrogen) atoms. The van der Waals surface area contributed by atoms with Crippen LogP contribution in [0.5, 0.6) is 11.5 Å². The smallest absolute Gasteiger partial charge is 0.366 e. The van der Waals surface area contributed by atoms with Crippen molar-refractivity contribution < 1.29 is 19.2 Å². The van der Waals surface area contributed by atoms with E-state index in [0.29, 0.717) is 11.5 Å². The minimum atomic E-state index is -1.09. The van der Waals surface area contributed by atoms with E-state index >= 15 is 0 Å². The second kappa shape index (κ2) is 6.62. The first-order chi connectivity index (χ1) is 12.3. The van der Waals surface area contributed by atoms with E-state index in [9.17, 15) is 14.9 Å². The highest BCUT2D eigenvalue weighted by Gasteiger charge is 2.44. The first kappa shape index (κ1) is 17.7. The summed E-state index contributed by atoms with van der Waals surface area (Å²) in [6.45, 7) is 5.68. The summed E-state index contributed by atoms with van der Waals surface area (Å²) >= 11 is 0. The molecule has 2 heterocycles. The van der Waals surface area contributed by atoms with Gasteiger partial charge in [-0.1, -0.05) is 17.7 Å². The Morgan fingerprint density at radius 1 is 1.23 bits per heavy atom.